The molecule has 0 atom stereocenters. The molecule has 2 aromatic carbocycles. The van der Waals surface area contributed by atoms with E-state index in [2.05, 4.69) is 31.4 Å². The van der Waals surface area contributed by atoms with E-state index in [0.717, 1.165) is 34.3 Å². The maximum absolute atomic E-state index is 10.6. The Morgan fingerprint density at radius 3 is 2.59 bits per heavy atom. The number of hydrogen-bond donors (Lipinski definition) is 3. The van der Waals surface area contributed by atoms with Gasteiger partial charge in [-0.1, -0.05) is 39.0 Å². The first kappa shape index (κ1) is 20.3. The average molecular weight is 390 g/mol. The van der Waals surface area contributed by atoms with Crippen molar-refractivity contribution in [2.24, 2.45) is 5.41 Å². The summed E-state index contributed by atoms with van der Waals surface area (Å²) >= 11 is 0. The monoisotopic (exact) mass is 390 g/mol. The van der Waals surface area contributed by atoms with Gasteiger partial charge in [-0.3, -0.25) is 15.5 Å². The van der Waals surface area contributed by atoms with Crippen molar-refractivity contribution in [3.05, 3.63) is 54.6 Å². The molecule has 0 aliphatic rings. The molecule has 150 valence electrons. The zero-order valence-corrected chi connectivity index (χ0v) is 17.0. The summed E-state index contributed by atoms with van der Waals surface area (Å²) in [6.07, 6.45) is 1.52. The van der Waals surface area contributed by atoms with E-state index in [4.69, 9.17) is 15.1 Å². The van der Waals surface area contributed by atoms with E-state index in [-0.39, 0.29) is 11.4 Å². The van der Waals surface area contributed by atoms with E-state index in [1.807, 2.05) is 54.6 Å². The highest BCUT2D eigenvalue weighted by Gasteiger charge is 2.16. The number of carbonyl (C=O) groups is 1. The van der Waals surface area contributed by atoms with Gasteiger partial charge in [-0.15, -0.1) is 0 Å². The number of rotatable bonds is 7. The zero-order valence-electron chi connectivity index (χ0n) is 17.0. The molecule has 0 saturated heterocycles. The highest BCUT2D eigenvalue weighted by Crippen LogP contribution is 2.29. The molecule has 3 rings (SSSR count). The molecule has 6 nitrogen and oxygen atoms in total. The maximum Gasteiger partial charge on any atom is 0.213 e. The number of hydrogen-bond acceptors (Lipinski definition) is 4. The van der Waals surface area contributed by atoms with Crippen LogP contribution in [0.2, 0.25) is 0 Å². The fraction of sp³-hybridized carbons (Fsp3) is 0.261. The minimum absolute atomic E-state index is 0.0930. The molecule has 0 aliphatic heterocycles. The fourth-order valence-corrected chi connectivity index (χ4v) is 2.76. The minimum Gasteiger partial charge on any atom is -0.493 e. The summed E-state index contributed by atoms with van der Waals surface area (Å²) in [4.78, 5) is 15.4. The van der Waals surface area contributed by atoms with Crippen LogP contribution >= 0.6 is 0 Å². The number of nitrogens with one attached hydrogen (secondary N) is 3. The van der Waals surface area contributed by atoms with Gasteiger partial charge in [0.1, 0.15) is 5.75 Å². The minimum atomic E-state index is -0.0930. The Balaban J connectivity index is 1.89. The summed E-state index contributed by atoms with van der Waals surface area (Å²) in [5, 5.41) is 13.9. The second kappa shape index (κ2) is 8.73. The molecule has 0 fully saturated rings. The van der Waals surface area contributed by atoms with Gasteiger partial charge in [0.15, 0.2) is 5.96 Å². The number of fused-ring (bicyclic) bond motifs is 1. The van der Waals surface area contributed by atoms with E-state index >= 15 is 0 Å². The molecular weight excluding hydrogens is 364 g/mol. The fourth-order valence-electron chi connectivity index (χ4n) is 2.76. The Morgan fingerprint density at radius 1 is 1.17 bits per heavy atom. The molecule has 0 saturated carbocycles. The highest BCUT2D eigenvalue weighted by molar-refractivity contribution is 6.04. The standard InChI is InChI=1S/C23H26N4O2/c1-4-23(2,3)14-29-17-11-9-16(10-12-17)20-13-21(27-22(24)25-15-28)18-7-5-6-8-19(18)26-20/h5-13,15H,4,14H2,1-3H3,(H3,24,25,26,27,28). The lowest BCUT2D eigenvalue weighted by atomic mass is 9.92. The predicted molar refractivity (Wildman–Crippen MR) is 117 cm³/mol. The Hall–Kier alpha value is -3.41. The number of pyridine rings is 1. The third-order valence-corrected chi connectivity index (χ3v) is 4.92. The van der Waals surface area contributed by atoms with Crippen molar-refractivity contribution in [1.82, 2.24) is 10.3 Å². The molecule has 0 bridgehead atoms. The number of carbonyl (C=O) groups excluding carboxylic acids is 1. The van der Waals surface area contributed by atoms with Crippen molar-refractivity contribution in [3.63, 3.8) is 0 Å². The SMILES string of the molecule is CCC(C)(C)COc1ccc(-c2cc(NC(=N)NC=O)c3ccccc3n2)cc1. The number of ether oxygens (including phenoxy) is 1. The largest absolute Gasteiger partial charge is 0.493 e. The molecule has 6 heteroatoms. The van der Waals surface area contributed by atoms with E-state index in [1.165, 1.54) is 0 Å². The lowest BCUT2D eigenvalue weighted by Crippen LogP contribution is -2.28. The van der Waals surface area contributed by atoms with Crippen molar-refractivity contribution in [2.75, 3.05) is 11.9 Å². The van der Waals surface area contributed by atoms with Gasteiger partial charge in [-0.05, 0) is 48.2 Å². The van der Waals surface area contributed by atoms with E-state index in [1.54, 1.807) is 0 Å². The zero-order chi connectivity index (χ0) is 20.9. The number of amides is 1. The van der Waals surface area contributed by atoms with Gasteiger partial charge < -0.3 is 10.1 Å². The van der Waals surface area contributed by atoms with Gasteiger partial charge in [0.25, 0.3) is 0 Å². The molecule has 0 aliphatic carbocycles. The average Bonchev–Trinajstić information content (AvgIpc) is 2.73. The number of benzene rings is 2. The first-order valence-electron chi connectivity index (χ1n) is 9.60. The Kier molecular flexibility index (Phi) is 6.12. The van der Waals surface area contributed by atoms with Crippen LogP contribution in [-0.4, -0.2) is 24.0 Å². The summed E-state index contributed by atoms with van der Waals surface area (Å²) in [5.41, 5.74) is 3.35. The lowest BCUT2D eigenvalue weighted by Gasteiger charge is -2.22. The topological polar surface area (TPSA) is 87.1 Å². The molecular formula is C23H26N4O2. The van der Waals surface area contributed by atoms with Crippen LogP contribution in [0.3, 0.4) is 0 Å². The first-order chi connectivity index (χ1) is 13.9. The second-order valence-electron chi connectivity index (χ2n) is 7.67. The van der Waals surface area contributed by atoms with Crippen LogP contribution in [0.1, 0.15) is 27.2 Å². The third kappa shape index (κ3) is 5.10. The summed E-state index contributed by atoms with van der Waals surface area (Å²) in [6, 6.07) is 17.4. The van der Waals surface area contributed by atoms with Gasteiger partial charge in [0, 0.05) is 10.9 Å². The molecule has 3 N–H and O–H groups in total. The van der Waals surface area contributed by atoms with Crippen LogP contribution in [0.15, 0.2) is 54.6 Å². The Labute approximate surface area is 170 Å². The Morgan fingerprint density at radius 2 is 1.90 bits per heavy atom. The second-order valence-corrected chi connectivity index (χ2v) is 7.67. The molecule has 1 heterocycles. The molecule has 0 radical (unpaired) electrons. The van der Waals surface area contributed by atoms with Crippen molar-refractivity contribution >= 4 is 29.0 Å². The molecule has 0 unspecified atom stereocenters. The van der Waals surface area contributed by atoms with Crippen molar-refractivity contribution in [2.45, 2.75) is 27.2 Å². The van der Waals surface area contributed by atoms with Gasteiger partial charge in [0.2, 0.25) is 6.41 Å². The Bertz CT molecular complexity index is 1010. The molecule has 0 spiro atoms. The van der Waals surface area contributed by atoms with Gasteiger partial charge in [0.05, 0.1) is 23.5 Å². The van der Waals surface area contributed by atoms with Crippen LogP contribution in [-0.2, 0) is 4.79 Å². The number of anilines is 1. The van der Waals surface area contributed by atoms with Crippen molar-refractivity contribution < 1.29 is 9.53 Å². The first-order valence-corrected chi connectivity index (χ1v) is 9.60. The van der Waals surface area contributed by atoms with E-state index < -0.39 is 0 Å². The van der Waals surface area contributed by atoms with Crippen LogP contribution in [0, 0.1) is 10.8 Å². The summed E-state index contributed by atoms with van der Waals surface area (Å²) < 4.78 is 5.92. The predicted octanol–water partition coefficient (Wildman–Crippen LogP) is 4.81. The smallest absolute Gasteiger partial charge is 0.213 e. The molecule has 29 heavy (non-hydrogen) atoms. The molecule has 1 aromatic heterocycles. The lowest BCUT2D eigenvalue weighted by molar-refractivity contribution is -0.108. The van der Waals surface area contributed by atoms with Crippen LogP contribution in [0.25, 0.3) is 22.2 Å². The van der Waals surface area contributed by atoms with Crippen molar-refractivity contribution in [3.8, 4) is 17.0 Å². The number of guanidine groups is 1. The number of para-hydroxylation sites is 1. The third-order valence-electron chi connectivity index (χ3n) is 4.92. The van der Waals surface area contributed by atoms with Crippen LogP contribution < -0.4 is 15.4 Å². The summed E-state index contributed by atoms with van der Waals surface area (Å²) in [6.45, 7) is 7.20. The van der Waals surface area contributed by atoms with E-state index in [9.17, 15) is 4.79 Å². The van der Waals surface area contributed by atoms with E-state index in [0.29, 0.717) is 18.7 Å². The molecule has 1 amide bonds. The van der Waals surface area contributed by atoms with Gasteiger partial charge >= 0.3 is 0 Å². The summed E-state index contributed by atoms with van der Waals surface area (Å²) in [7, 11) is 0. The van der Waals surface area contributed by atoms with Crippen LogP contribution in [0.5, 0.6) is 5.75 Å². The quantitative estimate of drug-likeness (QED) is 0.307. The maximum atomic E-state index is 10.6. The highest BCUT2D eigenvalue weighted by atomic mass is 16.5. The number of aromatic nitrogens is 1. The van der Waals surface area contributed by atoms with Crippen molar-refractivity contribution in [1.29, 1.82) is 5.41 Å². The number of nitrogens with zero attached hydrogens (tertiary/aromatic N) is 1. The summed E-state index contributed by atoms with van der Waals surface area (Å²) in [5.74, 6) is 0.732. The van der Waals surface area contributed by atoms with Gasteiger partial charge in [-0.25, -0.2) is 4.98 Å². The normalized spacial score (nSPS) is 11.1. The van der Waals surface area contributed by atoms with Crippen LogP contribution in [0.4, 0.5) is 5.69 Å². The van der Waals surface area contributed by atoms with Gasteiger partial charge in [-0.2, -0.15) is 0 Å². The molecule has 3 aromatic rings.